The SMILES string of the molecule is C=C(/C=C\C)N=C(N)n1ccc(NC(=O)Nc2ccccc2)n1. The summed E-state index contributed by atoms with van der Waals surface area (Å²) in [6.07, 6.45) is 5.13. The van der Waals surface area contributed by atoms with E-state index in [1.807, 2.05) is 31.2 Å². The summed E-state index contributed by atoms with van der Waals surface area (Å²) in [5, 5.41) is 9.44. The summed E-state index contributed by atoms with van der Waals surface area (Å²) in [4.78, 5) is 16.0. The van der Waals surface area contributed by atoms with E-state index in [2.05, 4.69) is 27.3 Å². The number of carbonyl (C=O) groups excluding carboxylic acids is 1. The summed E-state index contributed by atoms with van der Waals surface area (Å²) in [7, 11) is 0. The number of aliphatic imine (C=N–C) groups is 1. The Morgan fingerprint density at radius 3 is 2.74 bits per heavy atom. The number of amides is 2. The van der Waals surface area contributed by atoms with E-state index in [-0.39, 0.29) is 5.96 Å². The van der Waals surface area contributed by atoms with Gasteiger partial charge in [-0.05, 0) is 25.1 Å². The van der Waals surface area contributed by atoms with Gasteiger partial charge >= 0.3 is 6.03 Å². The fourth-order valence-electron chi connectivity index (χ4n) is 1.75. The first-order valence-electron chi connectivity index (χ1n) is 6.93. The highest BCUT2D eigenvalue weighted by Gasteiger charge is 2.06. The third-order valence-electron chi connectivity index (χ3n) is 2.71. The first-order chi connectivity index (χ1) is 11.1. The fraction of sp³-hybridized carbons (Fsp3) is 0.0625. The van der Waals surface area contributed by atoms with Gasteiger partial charge in [0.15, 0.2) is 5.82 Å². The zero-order valence-electron chi connectivity index (χ0n) is 12.7. The van der Waals surface area contributed by atoms with Gasteiger partial charge in [0.05, 0.1) is 5.70 Å². The van der Waals surface area contributed by atoms with Crippen LogP contribution in [0.1, 0.15) is 6.92 Å². The van der Waals surface area contributed by atoms with E-state index in [0.717, 1.165) is 0 Å². The number of nitrogens with two attached hydrogens (primary N) is 1. The maximum atomic E-state index is 11.9. The topological polar surface area (TPSA) is 97.3 Å². The van der Waals surface area contributed by atoms with Gasteiger partial charge in [-0.2, -0.15) is 0 Å². The van der Waals surface area contributed by atoms with Crippen molar-refractivity contribution in [2.24, 2.45) is 10.7 Å². The molecule has 2 aromatic rings. The van der Waals surface area contributed by atoms with Gasteiger partial charge in [0.2, 0.25) is 5.96 Å². The molecule has 0 saturated heterocycles. The van der Waals surface area contributed by atoms with Crippen molar-refractivity contribution in [2.75, 3.05) is 10.6 Å². The summed E-state index contributed by atoms with van der Waals surface area (Å²) in [6, 6.07) is 10.3. The number of hydrogen-bond donors (Lipinski definition) is 3. The Labute approximate surface area is 134 Å². The van der Waals surface area contributed by atoms with Crippen molar-refractivity contribution in [1.29, 1.82) is 0 Å². The number of urea groups is 1. The average molecular weight is 310 g/mol. The van der Waals surface area contributed by atoms with Crippen LogP contribution in [-0.4, -0.2) is 21.8 Å². The largest absolute Gasteiger partial charge is 0.368 e. The summed E-state index contributed by atoms with van der Waals surface area (Å²) in [6.45, 7) is 5.60. The Bertz CT molecular complexity index is 745. The number of hydrogen-bond acceptors (Lipinski definition) is 3. The molecule has 7 nitrogen and oxygen atoms in total. The van der Waals surface area contributed by atoms with E-state index in [1.165, 1.54) is 4.68 Å². The molecule has 0 radical (unpaired) electrons. The smallest absolute Gasteiger partial charge is 0.324 e. The highest BCUT2D eigenvalue weighted by molar-refractivity contribution is 5.99. The van der Waals surface area contributed by atoms with Crippen LogP contribution in [0.15, 0.2) is 72.0 Å². The zero-order valence-corrected chi connectivity index (χ0v) is 12.7. The van der Waals surface area contributed by atoms with Gasteiger partial charge in [-0.15, -0.1) is 5.10 Å². The van der Waals surface area contributed by atoms with E-state index in [4.69, 9.17) is 5.73 Å². The Morgan fingerprint density at radius 2 is 2.04 bits per heavy atom. The monoisotopic (exact) mass is 310 g/mol. The Morgan fingerprint density at radius 1 is 1.30 bits per heavy atom. The predicted octanol–water partition coefficient (Wildman–Crippen LogP) is 2.78. The number of rotatable bonds is 4. The molecule has 4 N–H and O–H groups in total. The zero-order chi connectivity index (χ0) is 16.7. The minimum Gasteiger partial charge on any atom is -0.368 e. The highest BCUT2D eigenvalue weighted by Crippen LogP contribution is 2.07. The highest BCUT2D eigenvalue weighted by atomic mass is 16.2. The number of nitrogens with one attached hydrogen (secondary N) is 2. The number of carbonyl (C=O) groups is 1. The van der Waals surface area contributed by atoms with Crippen LogP contribution in [0.3, 0.4) is 0 Å². The molecule has 118 valence electrons. The maximum absolute atomic E-state index is 11.9. The molecule has 2 amide bonds. The normalized spacial score (nSPS) is 11.4. The molecule has 1 aromatic carbocycles. The maximum Gasteiger partial charge on any atom is 0.324 e. The first kappa shape index (κ1) is 16.0. The number of nitrogens with zero attached hydrogens (tertiary/aromatic N) is 3. The molecule has 0 spiro atoms. The molecule has 23 heavy (non-hydrogen) atoms. The Kier molecular flexibility index (Phi) is 5.30. The van der Waals surface area contributed by atoms with Crippen molar-refractivity contribution in [2.45, 2.75) is 6.92 Å². The van der Waals surface area contributed by atoms with Gasteiger partial charge in [-0.1, -0.05) is 30.9 Å². The van der Waals surface area contributed by atoms with Crippen LogP contribution in [0.2, 0.25) is 0 Å². The lowest BCUT2D eigenvalue weighted by Gasteiger charge is -2.05. The number of benzene rings is 1. The second kappa shape index (κ2) is 7.60. The van der Waals surface area contributed by atoms with Crippen LogP contribution >= 0.6 is 0 Å². The molecule has 7 heteroatoms. The van der Waals surface area contributed by atoms with Gasteiger partial charge in [0, 0.05) is 18.0 Å². The van der Waals surface area contributed by atoms with Gasteiger partial charge in [0.1, 0.15) is 0 Å². The third-order valence-corrected chi connectivity index (χ3v) is 2.71. The van der Waals surface area contributed by atoms with E-state index in [0.29, 0.717) is 17.2 Å². The van der Waals surface area contributed by atoms with Crippen molar-refractivity contribution in [1.82, 2.24) is 9.78 Å². The van der Waals surface area contributed by atoms with Gasteiger partial charge < -0.3 is 11.1 Å². The minimum atomic E-state index is -0.393. The molecule has 0 unspecified atom stereocenters. The number of anilines is 2. The summed E-state index contributed by atoms with van der Waals surface area (Å²) in [5.41, 5.74) is 7.02. The molecule has 0 aliphatic heterocycles. The molecule has 0 aliphatic carbocycles. The molecule has 2 rings (SSSR count). The lowest BCUT2D eigenvalue weighted by atomic mass is 10.3. The molecule has 0 aliphatic rings. The Balaban J connectivity index is 1.99. The lowest BCUT2D eigenvalue weighted by Crippen LogP contribution is -2.24. The molecule has 0 saturated carbocycles. The number of allylic oxidation sites excluding steroid dienone is 2. The van der Waals surface area contributed by atoms with E-state index < -0.39 is 6.03 Å². The van der Waals surface area contributed by atoms with Crippen molar-refractivity contribution in [3.63, 3.8) is 0 Å². The van der Waals surface area contributed by atoms with Gasteiger partial charge in [0.25, 0.3) is 0 Å². The van der Waals surface area contributed by atoms with Crippen molar-refractivity contribution < 1.29 is 4.79 Å². The molecule has 0 atom stereocenters. The van der Waals surface area contributed by atoms with E-state index in [1.54, 1.807) is 30.5 Å². The van der Waals surface area contributed by atoms with E-state index in [9.17, 15) is 4.79 Å². The Hall–Kier alpha value is -3.35. The van der Waals surface area contributed by atoms with Crippen LogP contribution in [0, 0.1) is 0 Å². The lowest BCUT2D eigenvalue weighted by molar-refractivity contribution is 0.262. The standard InChI is InChI=1S/C16H18N6O/c1-3-7-12(2)18-15(17)22-11-10-14(21-22)20-16(23)19-13-8-5-4-6-9-13/h3-11H,2H2,1H3,(H2,17,18)(H2,19,20,21,23)/b7-3-. The number of para-hydroxylation sites is 1. The summed E-state index contributed by atoms with van der Waals surface area (Å²) >= 11 is 0. The van der Waals surface area contributed by atoms with Crippen LogP contribution in [0.4, 0.5) is 16.3 Å². The molecular weight excluding hydrogens is 292 g/mol. The van der Waals surface area contributed by atoms with Crippen LogP contribution in [0.5, 0.6) is 0 Å². The van der Waals surface area contributed by atoms with Crippen LogP contribution in [-0.2, 0) is 0 Å². The molecule has 0 bridgehead atoms. The molecule has 1 aromatic heterocycles. The average Bonchev–Trinajstić information content (AvgIpc) is 2.97. The van der Waals surface area contributed by atoms with Crippen molar-refractivity contribution in [3.8, 4) is 0 Å². The molecule has 1 heterocycles. The van der Waals surface area contributed by atoms with Crippen molar-refractivity contribution >= 4 is 23.5 Å². The second-order valence-electron chi connectivity index (χ2n) is 4.55. The molecule has 0 fully saturated rings. The fourth-order valence-corrected chi connectivity index (χ4v) is 1.75. The van der Waals surface area contributed by atoms with E-state index >= 15 is 0 Å². The van der Waals surface area contributed by atoms with Crippen molar-refractivity contribution in [3.05, 3.63) is 67.0 Å². The predicted molar refractivity (Wildman–Crippen MR) is 92.3 cm³/mol. The quantitative estimate of drug-likeness (QED) is 0.460. The first-order valence-corrected chi connectivity index (χ1v) is 6.93. The van der Waals surface area contributed by atoms with Crippen LogP contribution in [0.25, 0.3) is 0 Å². The summed E-state index contributed by atoms with van der Waals surface area (Å²) < 4.78 is 1.35. The number of aromatic nitrogens is 2. The summed E-state index contributed by atoms with van der Waals surface area (Å²) in [5.74, 6) is 0.512. The second-order valence-corrected chi connectivity index (χ2v) is 4.55. The molecular formula is C16H18N6O. The third kappa shape index (κ3) is 4.85. The van der Waals surface area contributed by atoms with Gasteiger partial charge in [-0.3, -0.25) is 5.32 Å². The van der Waals surface area contributed by atoms with Crippen LogP contribution < -0.4 is 16.4 Å². The van der Waals surface area contributed by atoms with Gasteiger partial charge in [-0.25, -0.2) is 14.5 Å². The minimum absolute atomic E-state index is 0.157.